The van der Waals surface area contributed by atoms with Crippen LogP contribution in [0.2, 0.25) is 5.02 Å². The Hall–Kier alpha value is -2.47. The van der Waals surface area contributed by atoms with Crippen molar-refractivity contribution in [3.05, 3.63) is 59.3 Å². The van der Waals surface area contributed by atoms with Gasteiger partial charge in [0, 0.05) is 24.6 Å². The first-order valence-electron chi connectivity index (χ1n) is 7.14. The smallest absolute Gasteiger partial charge is 0.134 e. The highest BCUT2D eigenvalue weighted by molar-refractivity contribution is 6.33. The van der Waals surface area contributed by atoms with Crippen LogP contribution in [-0.2, 0) is 6.54 Å². The highest BCUT2D eigenvalue weighted by Gasteiger charge is 2.13. The van der Waals surface area contributed by atoms with E-state index in [9.17, 15) is 4.39 Å². The van der Waals surface area contributed by atoms with Crippen molar-refractivity contribution in [3.8, 4) is 11.3 Å². The van der Waals surface area contributed by atoms with Gasteiger partial charge in [0.1, 0.15) is 11.5 Å². The maximum atomic E-state index is 13.9. The van der Waals surface area contributed by atoms with Gasteiger partial charge in [0.25, 0.3) is 0 Å². The number of hydrogen-bond acceptors (Lipinski definition) is 4. The number of rotatable bonds is 5. The van der Waals surface area contributed by atoms with Crippen LogP contribution in [0, 0.1) is 12.7 Å². The fourth-order valence-corrected chi connectivity index (χ4v) is 2.50. The molecule has 0 fully saturated rings. The van der Waals surface area contributed by atoms with Crippen molar-refractivity contribution in [1.29, 1.82) is 0 Å². The number of aryl methyl sites for hydroxylation is 1. The van der Waals surface area contributed by atoms with Gasteiger partial charge >= 0.3 is 0 Å². The molecule has 0 amide bonds. The highest BCUT2D eigenvalue weighted by atomic mass is 35.5. The van der Waals surface area contributed by atoms with Crippen LogP contribution in [0.5, 0.6) is 0 Å². The van der Waals surface area contributed by atoms with Crippen LogP contribution < -0.4 is 5.32 Å². The molecule has 2 aromatic heterocycles. The van der Waals surface area contributed by atoms with Crippen LogP contribution >= 0.6 is 11.6 Å². The third-order valence-electron chi connectivity index (χ3n) is 3.43. The molecular formula is C16H15ClFN5. The van der Waals surface area contributed by atoms with E-state index in [1.165, 1.54) is 6.07 Å². The van der Waals surface area contributed by atoms with Gasteiger partial charge in [0.05, 0.1) is 23.3 Å². The monoisotopic (exact) mass is 331 g/mol. The fraction of sp³-hybridized carbons (Fsp3) is 0.188. The van der Waals surface area contributed by atoms with Gasteiger partial charge in [-0.05, 0) is 30.7 Å². The average Bonchev–Trinajstić information content (AvgIpc) is 2.97. The van der Waals surface area contributed by atoms with E-state index in [4.69, 9.17) is 11.6 Å². The first kappa shape index (κ1) is 15.4. The molecular weight excluding hydrogens is 317 g/mol. The molecule has 0 unspecified atom stereocenters. The molecule has 2 heterocycles. The molecule has 0 bridgehead atoms. The maximum absolute atomic E-state index is 13.9. The van der Waals surface area contributed by atoms with Gasteiger partial charge in [-0.25, -0.2) is 4.39 Å². The van der Waals surface area contributed by atoms with Gasteiger partial charge in [-0.2, -0.15) is 0 Å². The van der Waals surface area contributed by atoms with Crippen molar-refractivity contribution in [1.82, 2.24) is 20.0 Å². The Morgan fingerprint density at radius 1 is 1.30 bits per heavy atom. The van der Waals surface area contributed by atoms with Crippen molar-refractivity contribution in [2.45, 2.75) is 13.5 Å². The van der Waals surface area contributed by atoms with Crippen molar-refractivity contribution in [3.63, 3.8) is 0 Å². The molecule has 0 aliphatic rings. The average molecular weight is 332 g/mol. The molecule has 3 rings (SSSR count). The lowest BCUT2D eigenvalue weighted by atomic mass is 10.1. The van der Waals surface area contributed by atoms with Crippen molar-refractivity contribution < 1.29 is 4.39 Å². The maximum Gasteiger partial charge on any atom is 0.134 e. The number of benzene rings is 1. The molecule has 118 valence electrons. The van der Waals surface area contributed by atoms with Crippen LogP contribution in [0.25, 0.3) is 11.3 Å². The van der Waals surface area contributed by atoms with Crippen LogP contribution in [-0.4, -0.2) is 26.5 Å². The predicted molar refractivity (Wildman–Crippen MR) is 87.9 cm³/mol. The van der Waals surface area contributed by atoms with E-state index in [2.05, 4.69) is 20.6 Å². The lowest BCUT2D eigenvalue weighted by Crippen LogP contribution is -2.11. The lowest BCUT2D eigenvalue weighted by Gasteiger charge is -2.08. The van der Waals surface area contributed by atoms with Gasteiger partial charge in [0.2, 0.25) is 0 Å². The van der Waals surface area contributed by atoms with E-state index in [0.29, 0.717) is 23.8 Å². The van der Waals surface area contributed by atoms with E-state index >= 15 is 0 Å². The minimum Gasteiger partial charge on any atom is -0.383 e. The van der Waals surface area contributed by atoms with E-state index in [1.807, 2.05) is 13.0 Å². The standard InChI is InChI=1S/C16H15ClFN5/c1-11-9-19-6-5-14(11)20-7-8-23-10-15(21-22-23)16-12(17)3-2-4-13(16)18/h2-6,9-10H,7-8H2,1H3,(H,19,20). The van der Waals surface area contributed by atoms with Crippen molar-refractivity contribution in [2.75, 3.05) is 11.9 Å². The number of nitrogens with one attached hydrogen (secondary N) is 1. The molecule has 0 atom stereocenters. The summed E-state index contributed by atoms with van der Waals surface area (Å²) in [6.07, 6.45) is 5.23. The van der Waals surface area contributed by atoms with Gasteiger partial charge < -0.3 is 5.32 Å². The SMILES string of the molecule is Cc1cnccc1NCCn1cc(-c2c(F)cccc2Cl)nn1. The molecule has 0 spiro atoms. The Kier molecular flexibility index (Phi) is 4.52. The van der Waals surface area contributed by atoms with Gasteiger partial charge in [-0.15, -0.1) is 5.10 Å². The summed E-state index contributed by atoms with van der Waals surface area (Å²) in [5.74, 6) is -0.407. The summed E-state index contributed by atoms with van der Waals surface area (Å²) in [5, 5.41) is 11.6. The second-order valence-corrected chi connectivity index (χ2v) is 5.49. The largest absolute Gasteiger partial charge is 0.383 e. The molecule has 0 saturated carbocycles. The number of anilines is 1. The summed E-state index contributed by atoms with van der Waals surface area (Å²) < 4.78 is 15.5. The van der Waals surface area contributed by atoms with E-state index in [1.54, 1.807) is 35.4 Å². The zero-order chi connectivity index (χ0) is 16.2. The summed E-state index contributed by atoms with van der Waals surface area (Å²) in [4.78, 5) is 4.05. The Labute approximate surface area is 138 Å². The molecule has 5 nitrogen and oxygen atoms in total. The van der Waals surface area contributed by atoms with Gasteiger partial charge in [0.15, 0.2) is 0 Å². The zero-order valence-electron chi connectivity index (χ0n) is 12.5. The molecule has 0 aliphatic heterocycles. The zero-order valence-corrected chi connectivity index (χ0v) is 13.3. The Bertz CT molecular complexity index is 797. The van der Waals surface area contributed by atoms with E-state index in [0.717, 1.165) is 11.3 Å². The van der Waals surface area contributed by atoms with E-state index in [-0.39, 0.29) is 5.56 Å². The topological polar surface area (TPSA) is 55.6 Å². The lowest BCUT2D eigenvalue weighted by molar-refractivity contribution is 0.608. The van der Waals surface area contributed by atoms with Crippen molar-refractivity contribution in [2.24, 2.45) is 0 Å². The third kappa shape index (κ3) is 3.48. The second-order valence-electron chi connectivity index (χ2n) is 5.08. The third-order valence-corrected chi connectivity index (χ3v) is 3.75. The number of nitrogens with zero attached hydrogens (tertiary/aromatic N) is 4. The van der Waals surface area contributed by atoms with Crippen LogP contribution in [0.15, 0.2) is 42.9 Å². The number of aromatic nitrogens is 4. The summed E-state index contributed by atoms with van der Waals surface area (Å²) in [6, 6.07) is 6.47. The molecule has 23 heavy (non-hydrogen) atoms. The molecule has 1 aromatic carbocycles. The summed E-state index contributed by atoms with van der Waals surface area (Å²) in [5.41, 5.74) is 2.80. The Balaban J connectivity index is 1.67. The van der Waals surface area contributed by atoms with Gasteiger partial charge in [-0.3, -0.25) is 9.67 Å². The summed E-state index contributed by atoms with van der Waals surface area (Å²) >= 11 is 6.04. The fourth-order valence-electron chi connectivity index (χ4n) is 2.24. The van der Waals surface area contributed by atoms with Crippen molar-refractivity contribution >= 4 is 17.3 Å². The quantitative estimate of drug-likeness (QED) is 0.776. The van der Waals surface area contributed by atoms with Crippen LogP contribution in [0.1, 0.15) is 5.56 Å². The first-order chi connectivity index (χ1) is 11.1. The Morgan fingerprint density at radius 3 is 2.96 bits per heavy atom. The minimum absolute atomic E-state index is 0.276. The predicted octanol–water partition coefficient (Wildman–Crippen LogP) is 3.55. The first-order valence-corrected chi connectivity index (χ1v) is 7.52. The number of hydrogen-bond donors (Lipinski definition) is 1. The molecule has 1 N–H and O–H groups in total. The molecule has 0 aliphatic carbocycles. The van der Waals surface area contributed by atoms with Crippen LogP contribution in [0.3, 0.4) is 0 Å². The molecule has 0 radical (unpaired) electrons. The highest BCUT2D eigenvalue weighted by Crippen LogP contribution is 2.28. The number of pyridine rings is 1. The number of halogens is 2. The normalized spacial score (nSPS) is 10.7. The molecule has 3 aromatic rings. The summed E-state index contributed by atoms with van der Waals surface area (Å²) in [7, 11) is 0. The second kappa shape index (κ2) is 6.75. The summed E-state index contributed by atoms with van der Waals surface area (Å²) in [6.45, 7) is 3.25. The Morgan fingerprint density at radius 2 is 2.17 bits per heavy atom. The molecule has 7 heteroatoms. The molecule has 0 saturated heterocycles. The van der Waals surface area contributed by atoms with Gasteiger partial charge in [-0.1, -0.05) is 22.9 Å². The van der Waals surface area contributed by atoms with E-state index < -0.39 is 5.82 Å². The minimum atomic E-state index is -0.407. The van der Waals surface area contributed by atoms with Crippen LogP contribution in [0.4, 0.5) is 10.1 Å².